The van der Waals surface area contributed by atoms with Crippen LogP contribution in [0.1, 0.15) is 25.0 Å². The Hall–Kier alpha value is 0.0843. The second-order valence-electron chi connectivity index (χ2n) is 4.88. The summed E-state index contributed by atoms with van der Waals surface area (Å²) in [6, 6.07) is 10.8. The normalized spacial score (nSPS) is 10.2. The van der Waals surface area contributed by atoms with Gasteiger partial charge in [-0.25, -0.2) is 0 Å². The van der Waals surface area contributed by atoms with Gasteiger partial charge in [-0.2, -0.15) is 6.07 Å². The summed E-state index contributed by atoms with van der Waals surface area (Å²) in [5.41, 5.74) is 8.68. The van der Waals surface area contributed by atoms with Gasteiger partial charge in [-0.3, -0.25) is 0 Å². The Kier molecular flexibility index (Phi) is 8.64. The number of fused-ring (bicyclic) bond motifs is 1. The van der Waals surface area contributed by atoms with Crippen LogP contribution in [0.2, 0.25) is 0 Å². The van der Waals surface area contributed by atoms with E-state index in [1.807, 2.05) is 0 Å². The summed E-state index contributed by atoms with van der Waals surface area (Å²) in [4.78, 5) is 0. The fourth-order valence-corrected chi connectivity index (χ4v) is 2.37. The maximum Gasteiger partial charge on any atom is 3.00 e. The molecule has 0 aliphatic rings. The second-order valence-corrected chi connectivity index (χ2v) is 4.88. The molecule has 0 unspecified atom stereocenters. The molecule has 0 atom stereocenters. The Bertz CT molecular complexity index is 491. The third-order valence-electron chi connectivity index (χ3n) is 3.18. The van der Waals surface area contributed by atoms with Crippen molar-refractivity contribution in [3.05, 3.63) is 41.5 Å². The molecule has 2 aromatic carbocycles. The molecule has 0 aliphatic heterocycles. The molecule has 0 spiro atoms. The number of aryl methyl sites for hydroxylation is 1. The third-order valence-corrected chi connectivity index (χ3v) is 3.18. The van der Waals surface area contributed by atoms with Gasteiger partial charge >= 0.3 is 21.7 Å². The zero-order chi connectivity index (χ0) is 11.1. The van der Waals surface area contributed by atoms with Gasteiger partial charge in [-0.15, -0.1) is 40.1 Å². The number of nitrogens with two attached hydrogens (primary N) is 1. The fraction of sp³-hybridized carbons (Fsp3) is 0.357. The third kappa shape index (κ3) is 3.56. The first-order valence-corrected chi connectivity index (χ1v) is 5.42. The van der Waals surface area contributed by atoms with E-state index in [9.17, 15) is 0 Å². The van der Waals surface area contributed by atoms with Crippen LogP contribution in [0.5, 0.6) is 0 Å². The van der Waals surface area contributed by atoms with Crippen molar-refractivity contribution in [1.29, 1.82) is 0 Å². The predicted molar refractivity (Wildman–Crippen MR) is 66.4 cm³/mol. The van der Waals surface area contributed by atoms with E-state index in [0.29, 0.717) is 6.54 Å². The van der Waals surface area contributed by atoms with Crippen LogP contribution in [0.15, 0.2) is 30.3 Å². The van der Waals surface area contributed by atoms with Gasteiger partial charge in [-0.1, -0.05) is 26.8 Å². The molecule has 2 aromatic rings. The van der Waals surface area contributed by atoms with Gasteiger partial charge in [0.2, 0.25) is 0 Å². The van der Waals surface area contributed by atoms with E-state index in [1.54, 1.807) is 0 Å². The van der Waals surface area contributed by atoms with Crippen LogP contribution in [0, 0.1) is 6.92 Å². The van der Waals surface area contributed by atoms with Crippen molar-refractivity contribution < 1.29 is 46.5 Å². The molecule has 0 saturated carbocycles. The monoisotopic (exact) mass is 318 g/mol. The quantitative estimate of drug-likeness (QED) is 0.467. The molecule has 0 saturated heterocycles. The van der Waals surface area contributed by atoms with E-state index in [2.05, 4.69) is 51.1 Å². The van der Waals surface area contributed by atoms with E-state index < -0.39 is 0 Å². The summed E-state index contributed by atoms with van der Waals surface area (Å²) in [7, 11) is 0. The van der Waals surface area contributed by atoms with Crippen LogP contribution in [0.25, 0.3) is 10.8 Å². The molecule has 0 aromatic heterocycles. The number of halogens is 2. The molecule has 0 fully saturated rings. The Morgan fingerprint density at radius 1 is 1.17 bits per heavy atom. The average Bonchev–Trinajstić information content (AvgIpc) is 2.54. The molecular weight excluding hydrogens is 301 g/mol. The Labute approximate surface area is 137 Å². The molecule has 0 heterocycles. The second kappa shape index (κ2) is 7.62. The summed E-state index contributed by atoms with van der Waals surface area (Å²) in [5, 5.41) is 2.68. The topological polar surface area (TPSA) is 26.0 Å². The molecular formula is C14H18Cl2NTi. The zero-order valence-corrected chi connectivity index (χ0v) is 14.0. The number of hydrogen-bond donors (Lipinski definition) is 1. The van der Waals surface area contributed by atoms with Crippen LogP contribution >= 0.6 is 0 Å². The van der Waals surface area contributed by atoms with Crippen LogP contribution < -0.4 is 30.5 Å². The molecule has 97 valence electrons. The number of benzene rings is 1. The Morgan fingerprint density at radius 3 is 2.28 bits per heavy atom. The van der Waals surface area contributed by atoms with Crippen molar-refractivity contribution in [1.82, 2.24) is 0 Å². The summed E-state index contributed by atoms with van der Waals surface area (Å²) < 4.78 is 0. The molecule has 0 amide bonds. The van der Waals surface area contributed by atoms with E-state index in [-0.39, 0.29) is 51.9 Å². The summed E-state index contributed by atoms with van der Waals surface area (Å²) in [6.07, 6.45) is 0. The first-order chi connectivity index (χ1) is 7.06. The van der Waals surface area contributed by atoms with Gasteiger partial charge in [0.05, 0.1) is 0 Å². The maximum atomic E-state index is 5.86. The Balaban J connectivity index is 0. The molecule has 1 nitrogen and oxygen atoms in total. The van der Waals surface area contributed by atoms with Crippen LogP contribution in [-0.2, 0) is 27.1 Å². The minimum absolute atomic E-state index is 0. The van der Waals surface area contributed by atoms with Crippen LogP contribution in [0.3, 0.4) is 0 Å². The van der Waals surface area contributed by atoms with E-state index in [0.717, 1.165) is 0 Å². The van der Waals surface area contributed by atoms with Gasteiger partial charge in [0.15, 0.2) is 0 Å². The van der Waals surface area contributed by atoms with Crippen LogP contribution in [-0.4, -0.2) is 6.54 Å². The van der Waals surface area contributed by atoms with Crippen molar-refractivity contribution in [2.75, 3.05) is 6.54 Å². The van der Waals surface area contributed by atoms with Crippen molar-refractivity contribution in [2.24, 2.45) is 5.73 Å². The summed E-state index contributed by atoms with van der Waals surface area (Å²) in [6.45, 7) is 7.28. The Morgan fingerprint density at radius 2 is 1.72 bits per heavy atom. The first-order valence-electron chi connectivity index (χ1n) is 5.42. The van der Waals surface area contributed by atoms with Crippen molar-refractivity contribution in [3.63, 3.8) is 0 Å². The standard InChI is InChI=1S/C14H18N.2ClH.Ti/c1-10-8-11-6-4-5-7-12(11)13(10)14(2,3)9-15;;;/h4-8H,9,15H2,1-3H3;2*1H;/q-1;;;+3/p-2. The smallest absolute Gasteiger partial charge is 1.00 e. The summed E-state index contributed by atoms with van der Waals surface area (Å²) >= 11 is 0. The van der Waals surface area contributed by atoms with Gasteiger partial charge in [0, 0.05) is 0 Å². The van der Waals surface area contributed by atoms with Gasteiger partial charge in [0.1, 0.15) is 0 Å². The SMILES string of the molecule is Cc1cc2ccccc2[c-]1C(C)(C)CN.[Cl-].[Cl-].[Ti+3]. The van der Waals surface area contributed by atoms with E-state index in [1.165, 1.54) is 21.9 Å². The van der Waals surface area contributed by atoms with E-state index in [4.69, 9.17) is 5.73 Å². The molecule has 0 bridgehead atoms. The fourth-order valence-electron chi connectivity index (χ4n) is 2.37. The maximum absolute atomic E-state index is 5.86. The predicted octanol–water partition coefficient (Wildman–Crippen LogP) is -2.89. The molecule has 1 radical (unpaired) electrons. The zero-order valence-electron chi connectivity index (χ0n) is 10.9. The summed E-state index contributed by atoms with van der Waals surface area (Å²) in [5.74, 6) is 0. The van der Waals surface area contributed by atoms with Crippen molar-refractivity contribution in [2.45, 2.75) is 26.2 Å². The molecule has 0 aliphatic carbocycles. The van der Waals surface area contributed by atoms with Gasteiger partial charge in [0.25, 0.3) is 0 Å². The number of rotatable bonds is 2. The molecule has 2 rings (SSSR count). The molecule has 18 heavy (non-hydrogen) atoms. The average molecular weight is 319 g/mol. The first kappa shape index (κ1) is 20.4. The van der Waals surface area contributed by atoms with Gasteiger partial charge in [-0.05, 0) is 12.0 Å². The van der Waals surface area contributed by atoms with Crippen molar-refractivity contribution >= 4 is 10.8 Å². The molecule has 4 heteroatoms. The van der Waals surface area contributed by atoms with E-state index >= 15 is 0 Å². The minimum Gasteiger partial charge on any atom is -1.00 e. The minimum atomic E-state index is 0. The largest absolute Gasteiger partial charge is 3.00 e. The molecule has 2 N–H and O–H groups in total. The van der Waals surface area contributed by atoms with Crippen LogP contribution in [0.4, 0.5) is 0 Å². The number of hydrogen-bond acceptors (Lipinski definition) is 1. The van der Waals surface area contributed by atoms with Gasteiger partial charge < -0.3 is 30.5 Å². The van der Waals surface area contributed by atoms with Crippen molar-refractivity contribution in [3.8, 4) is 0 Å².